The molecule has 1 aliphatic rings. The number of nitrogens with zero attached hydrogens (tertiary/aromatic N) is 1. The third-order valence-electron chi connectivity index (χ3n) is 8.42. The van der Waals surface area contributed by atoms with Crippen LogP contribution in [0.4, 0.5) is 5.69 Å². The van der Waals surface area contributed by atoms with E-state index in [9.17, 15) is 0 Å². The molecule has 1 atom stereocenters. The molecule has 1 saturated heterocycles. The van der Waals surface area contributed by atoms with E-state index in [4.69, 9.17) is 19.4 Å². The van der Waals surface area contributed by atoms with Crippen LogP contribution in [0.2, 0.25) is 0 Å². The Labute approximate surface area is 248 Å². The van der Waals surface area contributed by atoms with Crippen LogP contribution in [0, 0.1) is 6.54 Å². The first kappa shape index (κ1) is 33.9. The molecule has 0 aliphatic carbocycles. The maximum absolute atomic E-state index is 6.08. The van der Waals surface area contributed by atoms with E-state index in [2.05, 4.69) is 140 Å². The largest absolute Gasteiger partial charge is 0.517 e. The smallest absolute Gasteiger partial charge is 0.0140 e. The number of hydrogen-bond donors (Lipinski definition) is 0. The Morgan fingerprint density at radius 1 is 0.842 bits per heavy atom. The van der Waals surface area contributed by atoms with Crippen LogP contribution in [0.15, 0.2) is 48.5 Å². The van der Waals surface area contributed by atoms with Gasteiger partial charge in [0, 0.05) is 11.2 Å². The van der Waals surface area contributed by atoms with Gasteiger partial charge in [0.2, 0.25) is 0 Å². The van der Waals surface area contributed by atoms with Crippen molar-refractivity contribution in [2.45, 2.75) is 123 Å². The number of anilines is 1. The van der Waals surface area contributed by atoms with Gasteiger partial charge in [-0.2, -0.15) is 0 Å². The van der Waals surface area contributed by atoms with Gasteiger partial charge < -0.3 is 4.90 Å². The van der Waals surface area contributed by atoms with Gasteiger partial charge in [-0.1, -0.05) is 74.9 Å². The fourth-order valence-corrected chi connectivity index (χ4v) is 21.7. The minimum Gasteiger partial charge on any atom is -0.517 e. The fraction of sp³-hybridized carbons (Fsp3) is 0.576. The number of halogens is 2. The second kappa shape index (κ2) is 14.1. The molecule has 2 aromatic carbocycles. The average molecular weight is 666 g/mol. The van der Waals surface area contributed by atoms with Crippen molar-refractivity contribution >= 4 is 36.7 Å². The third-order valence-corrected chi connectivity index (χ3v) is 20.0. The molecule has 0 aromatic heterocycles. The summed E-state index contributed by atoms with van der Waals surface area (Å²) in [6.45, 7) is 28.0. The van der Waals surface area contributed by atoms with Crippen LogP contribution in [0.3, 0.4) is 0 Å². The van der Waals surface area contributed by atoms with Gasteiger partial charge in [0.25, 0.3) is 0 Å². The molecule has 0 spiro atoms. The van der Waals surface area contributed by atoms with E-state index in [-0.39, 0.29) is 11.0 Å². The Morgan fingerprint density at radius 3 is 1.68 bits per heavy atom. The predicted molar refractivity (Wildman–Crippen MR) is 175 cm³/mol. The number of benzene rings is 2. The van der Waals surface area contributed by atoms with E-state index < -0.39 is 20.8 Å². The second-order valence-electron chi connectivity index (χ2n) is 12.4. The van der Waals surface area contributed by atoms with Gasteiger partial charge in [0.15, 0.2) is 0 Å². The average Bonchev–Trinajstić information content (AvgIpc) is 3.11. The molecule has 0 bridgehead atoms. The minimum absolute atomic E-state index is 0.0800. The van der Waals surface area contributed by atoms with Crippen LogP contribution in [0.25, 0.3) is 0 Å². The fourth-order valence-electron chi connectivity index (χ4n) is 6.60. The van der Waals surface area contributed by atoms with Crippen molar-refractivity contribution in [2.24, 2.45) is 0 Å². The molecule has 2 aromatic rings. The summed E-state index contributed by atoms with van der Waals surface area (Å²) < 4.78 is 2.36. The predicted octanol–water partition coefficient (Wildman–Crippen LogP) is 10.8. The summed E-state index contributed by atoms with van der Waals surface area (Å²) in [5, 5.41) is 0. The van der Waals surface area contributed by atoms with E-state index in [0.29, 0.717) is 17.0 Å². The Bertz CT molecular complexity index is 1020. The van der Waals surface area contributed by atoms with E-state index in [1.54, 1.807) is 0 Å². The second-order valence-corrected chi connectivity index (χ2v) is 24.0. The van der Waals surface area contributed by atoms with Gasteiger partial charge in [-0.25, -0.2) is 6.54 Å². The monoisotopic (exact) mass is 665 g/mol. The molecule has 5 heteroatoms. The minimum atomic E-state index is -1.64. The van der Waals surface area contributed by atoms with Gasteiger partial charge in [0.05, 0.1) is 0 Å². The van der Waals surface area contributed by atoms with Crippen molar-refractivity contribution in [2.75, 3.05) is 4.90 Å². The summed E-state index contributed by atoms with van der Waals surface area (Å²) >= 11 is -1.64. The number of hydrogen-bond acceptors (Lipinski definition) is 1. The van der Waals surface area contributed by atoms with Crippen molar-refractivity contribution < 1.29 is 13.5 Å². The normalized spacial score (nSPS) is 19.6. The van der Waals surface area contributed by atoms with Crippen LogP contribution >= 0.6 is 26.6 Å². The number of aryl methyl sites for hydroxylation is 2. The van der Waals surface area contributed by atoms with E-state index >= 15 is 0 Å². The summed E-state index contributed by atoms with van der Waals surface area (Å²) in [6, 6.07) is 17.7. The molecule has 0 N–H and O–H groups in total. The van der Waals surface area contributed by atoms with Crippen LogP contribution < -0.4 is 4.90 Å². The summed E-state index contributed by atoms with van der Waals surface area (Å²) in [4.78, 5) is 2.57. The van der Waals surface area contributed by atoms with Gasteiger partial charge in [0.1, 0.15) is 0 Å². The molecule has 0 amide bonds. The van der Waals surface area contributed by atoms with Crippen LogP contribution in [0.5, 0.6) is 0 Å². The Kier molecular flexibility index (Phi) is 12.6. The molecule has 216 valence electrons. The molecule has 1 heterocycles. The first-order valence-corrected chi connectivity index (χ1v) is 21.7. The van der Waals surface area contributed by atoms with Gasteiger partial charge >= 0.3 is 103 Å². The summed E-state index contributed by atoms with van der Waals surface area (Å²) in [7, 11) is 11.1. The topological polar surface area (TPSA) is 3.24 Å². The Morgan fingerprint density at radius 2 is 1.32 bits per heavy atom. The van der Waals surface area contributed by atoms with E-state index in [1.807, 2.05) is 0 Å². The first-order chi connectivity index (χ1) is 17.7. The number of para-hydroxylation sites is 1. The Balaban J connectivity index is 0.000000312. The first-order valence-electron chi connectivity index (χ1n) is 14.2. The summed E-state index contributed by atoms with van der Waals surface area (Å²) in [5.74, 6) is 0. The van der Waals surface area contributed by atoms with Crippen molar-refractivity contribution in [1.29, 1.82) is 0 Å². The quantitative estimate of drug-likeness (QED) is 0.154. The molecule has 1 fully saturated rings. The van der Waals surface area contributed by atoms with E-state index in [1.165, 1.54) is 22.4 Å². The van der Waals surface area contributed by atoms with Crippen molar-refractivity contribution in [3.05, 3.63) is 71.8 Å². The van der Waals surface area contributed by atoms with Gasteiger partial charge in [-0.05, 0) is 44.2 Å². The molecule has 38 heavy (non-hydrogen) atoms. The third kappa shape index (κ3) is 7.52. The molecule has 0 saturated carbocycles. The molecule has 3 rings (SSSR count). The van der Waals surface area contributed by atoms with Gasteiger partial charge in [-0.15, -0.1) is 5.41 Å². The zero-order valence-corrected chi connectivity index (χ0v) is 29.8. The molecular weight excluding hydrogens is 613 g/mol. The van der Waals surface area contributed by atoms with Crippen molar-refractivity contribution in [3.63, 3.8) is 0 Å². The SMILES string of the molecule is CC(C)[P+]([CH]=[Ru]([Cl])[Cl])(C(C)C)C(C)C.CCc1cccc(CC)c1N1[CH-][C@](C)(c2ccccc2)CC1(C)C. The molecule has 1 nitrogen and oxygen atoms in total. The maximum Gasteiger partial charge on any atom is 0.0140 e. The summed E-state index contributed by atoms with van der Waals surface area (Å²) in [5.41, 5.74) is 8.06. The molecule has 0 unspecified atom stereocenters. The summed E-state index contributed by atoms with van der Waals surface area (Å²) in [6.07, 6.45) is 3.28. The van der Waals surface area contributed by atoms with Crippen LogP contribution in [0.1, 0.15) is 99.3 Å². The van der Waals surface area contributed by atoms with E-state index in [0.717, 1.165) is 19.3 Å². The zero-order chi connectivity index (χ0) is 28.9. The zero-order valence-electron chi connectivity index (χ0n) is 25.6. The number of rotatable bonds is 8. The molecule has 1 aliphatic heterocycles. The van der Waals surface area contributed by atoms with Crippen molar-refractivity contribution in [1.82, 2.24) is 0 Å². The van der Waals surface area contributed by atoms with Crippen molar-refractivity contribution in [3.8, 4) is 0 Å². The molecule has 0 radical (unpaired) electrons. The Hall–Kier alpha value is -0.257. The standard InChI is InChI=1S/C23H30N.C10H22P.2ClH.Ru/c1-6-18-12-11-13-19(7-2)21(18)24-17-23(5,16-22(24,3)4)20-14-9-8-10-15-20;1-8(2)11(7,9(3)4)10(5)6;;;/h8-15,17H,6-7,16H2,1-5H3;7-10H,1-6H3;2*1H;/q-1;+1;;;+2/p-2/t23-;;;;/m1..../s1. The van der Waals surface area contributed by atoms with Crippen LogP contribution in [-0.2, 0) is 31.8 Å². The van der Waals surface area contributed by atoms with Crippen LogP contribution in [-0.4, -0.2) is 26.9 Å². The van der Waals surface area contributed by atoms with Gasteiger partial charge in [-0.3, -0.25) is 0 Å². The molecular formula is C33H52Cl2NPRu. The maximum atomic E-state index is 6.08.